The third-order valence-corrected chi connectivity index (χ3v) is 7.27. The van der Waals surface area contributed by atoms with Crippen molar-refractivity contribution in [3.63, 3.8) is 0 Å². The number of ether oxygens (including phenoxy) is 3. The molecular weight excluding hydrogens is 526 g/mol. The summed E-state index contributed by atoms with van der Waals surface area (Å²) in [6, 6.07) is 11.1. The third-order valence-electron chi connectivity index (χ3n) is 6.66. The second-order valence-electron chi connectivity index (χ2n) is 9.34. The molecule has 36 heavy (non-hydrogen) atoms. The van der Waals surface area contributed by atoms with E-state index < -0.39 is 17.8 Å². The molecule has 1 aliphatic carbocycles. The molecule has 8 heteroatoms. The van der Waals surface area contributed by atoms with Crippen molar-refractivity contribution >= 4 is 27.7 Å². The Morgan fingerprint density at radius 1 is 1.11 bits per heavy atom. The van der Waals surface area contributed by atoms with E-state index in [-0.39, 0.29) is 29.3 Å². The van der Waals surface area contributed by atoms with Crippen molar-refractivity contribution in [2.45, 2.75) is 44.6 Å². The lowest BCUT2D eigenvalue weighted by Crippen LogP contribution is -2.42. The fourth-order valence-electron chi connectivity index (χ4n) is 5.03. The van der Waals surface area contributed by atoms with E-state index in [0.29, 0.717) is 34.1 Å². The molecule has 3 unspecified atom stereocenters. The van der Waals surface area contributed by atoms with Crippen LogP contribution in [0.3, 0.4) is 0 Å². The van der Waals surface area contributed by atoms with Crippen LogP contribution in [0, 0.1) is 5.92 Å². The van der Waals surface area contributed by atoms with Crippen molar-refractivity contribution in [3.05, 3.63) is 75.5 Å². The topological polar surface area (TPSA) is 94.1 Å². The van der Waals surface area contributed by atoms with Crippen molar-refractivity contribution in [2.75, 3.05) is 14.2 Å². The highest BCUT2D eigenvalue weighted by molar-refractivity contribution is 9.10. The van der Waals surface area contributed by atoms with Crippen LogP contribution in [0.25, 0.3) is 0 Å². The summed E-state index contributed by atoms with van der Waals surface area (Å²) in [5.74, 6) is -1.07. The standard InChI is InChI=1S/C28H30BrNO6/c1-14(2)36-28(33)24-15(3)30-21-11-17(16-6-8-19(34-4)9-7-16)12-22(31)26(21)25(24)18-10-20(29)27(32)23(13-18)35-5/h6-10,13-14,17,24-25,30,32H,3,11-12H2,1-2,4-5H3. The molecule has 4 rings (SSSR count). The number of phenols is 1. The van der Waals surface area contributed by atoms with Crippen LogP contribution >= 0.6 is 15.9 Å². The van der Waals surface area contributed by atoms with Gasteiger partial charge < -0.3 is 24.6 Å². The normalized spacial score (nSPS) is 21.7. The zero-order chi connectivity index (χ0) is 26.1. The minimum absolute atomic E-state index is 0.0247. The number of carbonyl (C=O) groups excluding carboxylic acids is 2. The molecule has 2 aliphatic rings. The Hall–Kier alpha value is -3.26. The number of phenolic OH excluding ortho intramolecular Hbond substituents is 1. The summed E-state index contributed by atoms with van der Waals surface area (Å²) in [6.07, 6.45) is 0.563. The molecule has 1 aliphatic heterocycles. The number of hydrogen-bond acceptors (Lipinski definition) is 7. The van der Waals surface area contributed by atoms with Gasteiger partial charge in [-0.1, -0.05) is 18.7 Å². The van der Waals surface area contributed by atoms with Crippen LogP contribution in [0.1, 0.15) is 49.7 Å². The molecule has 0 bridgehead atoms. The smallest absolute Gasteiger partial charge is 0.316 e. The van der Waals surface area contributed by atoms with Gasteiger partial charge in [-0.2, -0.15) is 0 Å². The highest BCUT2D eigenvalue weighted by atomic mass is 79.9. The molecule has 190 valence electrons. The Morgan fingerprint density at radius 2 is 1.81 bits per heavy atom. The molecule has 0 amide bonds. The number of ketones is 1. The number of aromatic hydroxyl groups is 1. The van der Waals surface area contributed by atoms with Gasteiger partial charge in [0.1, 0.15) is 11.7 Å². The molecule has 2 aromatic carbocycles. The zero-order valence-corrected chi connectivity index (χ0v) is 22.3. The lowest BCUT2D eigenvalue weighted by Gasteiger charge is -2.40. The molecule has 0 spiro atoms. The number of benzene rings is 2. The van der Waals surface area contributed by atoms with Gasteiger partial charge >= 0.3 is 5.97 Å². The lowest BCUT2D eigenvalue weighted by molar-refractivity contribution is -0.151. The van der Waals surface area contributed by atoms with Crippen LogP contribution in [-0.2, 0) is 14.3 Å². The maximum atomic E-state index is 13.7. The lowest BCUT2D eigenvalue weighted by atomic mass is 9.69. The van der Waals surface area contributed by atoms with E-state index in [1.165, 1.54) is 7.11 Å². The van der Waals surface area contributed by atoms with E-state index in [4.69, 9.17) is 14.2 Å². The van der Waals surface area contributed by atoms with Crippen molar-refractivity contribution in [1.29, 1.82) is 0 Å². The van der Waals surface area contributed by atoms with Crippen molar-refractivity contribution in [1.82, 2.24) is 5.32 Å². The first kappa shape index (κ1) is 25.8. The maximum Gasteiger partial charge on any atom is 0.316 e. The van der Waals surface area contributed by atoms with Gasteiger partial charge in [0.25, 0.3) is 0 Å². The Morgan fingerprint density at radius 3 is 2.42 bits per heavy atom. The predicted molar refractivity (Wildman–Crippen MR) is 139 cm³/mol. The molecule has 0 aromatic heterocycles. The van der Waals surface area contributed by atoms with Crippen LogP contribution < -0.4 is 14.8 Å². The van der Waals surface area contributed by atoms with Gasteiger partial charge in [0, 0.05) is 29.3 Å². The minimum Gasteiger partial charge on any atom is -0.503 e. The monoisotopic (exact) mass is 555 g/mol. The quantitative estimate of drug-likeness (QED) is 0.464. The van der Waals surface area contributed by atoms with E-state index in [1.54, 1.807) is 33.1 Å². The summed E-state index contributed by atoms with van der Waals surface area (Å²) >= 11 is 3.38. The van der Waals surface area contributed by atoms with Gasteiger partial charge in [0.2, 0.25) is 0 Å². The number of hydrogen-bond donors (Lipinski definition) is 2. The van der Waals surface area contributed by atoms with Crippen LogP contribution in [0.4, 0.5) is 0 Å². The van der Waals surface area contributed by atoms with Gasteiger partial charge in [-0.3, -0.25) is 9.59 Å². The van der Waals surface area contributed by atoms with E-state index in [0.717, 1.165) is 17.0 Å². The molecule has 0 saturated heterocycles. The molecule has 0 radical (unpaired) electrons. The molecule has 0 fully saturated rings. The highest BCUT2D eigenvalue weighted by Gasteiger charge is 2.46. The van der Waals surface area contributed by atoms with Crippen LogP contribution in [-0.4, -0.2) is 37.2 Å². The third kappa shape index (κ3) is 4.87. The Bertz CT molecular complexity index is 1230. The van der Waals surface area contributed by atoms with Gasteiger partial charge in [-0.25, -0.2) is 0 Å². The van der Waals surface area contributed by atoms with Crippen LogP contribution in [0.5, 0.6) is 17.2 Å². The fraction of sp³-hybridized carbons (Fsp3) is 0.357. The Balaban J connectivity index is 1.82. The fourth-order valence-corrected chi connectivity index (χ4v) is 5.49. The summed E-state index contributed by atoms with van der Waals surface area (Å²) in [7, 11) is 3.07. The second-order valence-corrected chi connectivity index (χ2v) is 10.2. The van der Waals surface area contributed by atoms with Crippen LogP contribution in [0.15, 0.2) is 64.4 Å². The minimum atomic E-state index is -0.825. The first-order valence-electron chi connectivity index (χ1n) is 11.8. The summed E-state index contributed by atoms with van der Waals surface area (Å²) in [5, 5.41) is 13.6. The average Bonchev–Trinajstić information content (AvgIpc) is 2.84. The number of rotatable bonds is 6. The molecule has 3 atom stereocenters. The summed E-state index contributed by atoms with van der Waals surface area (Å²) in [6.45, 7) is 7.71. The summed E-state index contributed by atoms with van der Waals surface area (Å²) in [5.41, 5.74) is 3.44. The molecule has 2 N–H and O–H groups in total. The van der Waals surface area contributed by atoms with Gasteiger partial charge in [0.05, 0.1) is 24.8 Å². The number of nitrogens with one attached hydrogen (secondary N) is 1. The van der Waals surface area contributed by atoms with Gasteiger partial charge in [-0.15, -0.1) is 0 Å². The van der Waals surface area contributed by atoms with Crippen molar-refractivity contribution in [2.24, 2.45) is 5.92 Å². The molecular formula is C28H30BrNO6. The number of Topliss-reactive ketones (excluding diaryl/α,β-unsaturated/α-hetero) is 1. The number of carbonyl (C=O) groups is 2. The first-order valence-corrected chi connectivity index (χ1v) is 12.6. The Labute approximate surface area is 219 Å². The van der Waals surface area contributed by atoms with Crippen molar-refractivity contribution in [3.8, 4) is 17.2 Å². The number of allylic oxidation sites excluding steroid dienone is 2. The predicted octanol–water partition coefficient (Wildman–Crippen LogP) is 5.34. The van der Waals surface area contributed by atoms with Gasteiger partial charge in [0.15, 0.2) is 17.3 Å². The van der Waals surface area contributed by atoms with Crippen molar-refractivity contribution < 1.29 is 28.9 Å². The molecule has 1 heterocycles. The van der Waals surface area contributed by atoms with Gasteiger partial charge in [-0.05, 0) is 77.5 Å². The molecule has 7 nitrogen and oxygen atoms in total. The highest BCUT2D eigenvalue weighted by Crippen LogP contribution is 2.49. The van der Waals surface area contributed by atoms with Crippen LogP contribution in [0.2, 0.25) is 0 Å². The molecule has 0 saturated carbocycles. The first-order chi connectivity index (χ1) is 17.1. The summed E-state index contributed by atoms with van der Waals surface area (Å²) in [4.78, 5) is 27.0. The number of methoxy groups -OCH3 is 2. The van der Waals surface area contributed by atoms with E-state index >= 15 is 0 Å². The largest absolute Gasteiger partial charge is 0.503 e. The SMILES string of the molecule is C=C1NC2=C(C(=O)CC(c3ccc(OC)cc3)C2)C(c2cc(Br)c(O)c(OC)c2)C1C(=O)OC(C)C. The van der Waals surface area contributed by atoms with E-state index in [1.807, 2.05) is 24.3 Å². The number of esters is 1. The van der Waals surface area contributed by atoms with E-state index in [2.05, 4.69) is 27.8 Å². The van der Waals surface area contributed by atoms with E-state index in [9.17, 15) is 14.7 Å². The zero-order valence-electron chi connectivity index (χ0n) is 20.8. The molecule has 2 aromatic rings. The average molecular weight is 556 g/mol. The Kier molecular flexibility index (Phi) is 7.45. The summed E-state index contributed by atoms with van der Waals surface area (Å²) < 4.78 is 16.6. The number of halogens is 1. The second kappa shape index (κ2) is 10.4. The maximum absolute atomic E-state index is 13.7.